The quantitative estimate of drug-likeness (QED) is 0.753. The summed E-state index contributed by atoms with van der Waals surface area (Å²) < 4.78 is 5.66. The Balaban J connectivity index is 1.83. The average Bonchev–Trinajstić information content (AvgIpc) is 2.95. The fourth-order valence-electron chi connectivity index (χ4n) is 2.21. The van der Waals surface area contributed by atoms with Gasteiger partial charge in [0.2, 0.25) is 5.95 Å². The van der Waals surface area contributed by atoms with E-state index >= 15 is 0 Å². The lowest BCUT2D eigenvalue weighted by Gasteiger charge is -2.17. The Morgan fingerprint density at radius 3 is 3.00 bits per heavy atom. The Morgan fingerprint density at radius 2 is 2.14 bits per heavy atom. The third-order valence-electron chi connectivity index (χ3n) is 3.22. The Kier molecular flexibility index (Phi) is 3.68. The Hall–Kier alpha value is -2.63. The van der Waals surface area contributed by atoms with Gasteiger partial charge in [0.25, 0.3) is 0 Å². The van der Waals surface area contributed by atoms with Crippen LogP contribution < -0.4 is 10.1 Å². The molecule has 3 rings (SSSR count). The first kappa shape index (κ1) is 13.4. The zero-order valence-electron chi connectivity index (χ0n) is 12.0. The monoisotopic (exact) mass is 283 g/mol. The van der Waals surface area contributed by atoms with Gasteiger partial charge < -0.3 is 10.1 Å². The molecule has 21 heavy (non-hydrogen) atoms. The highest BCUT2D eigenvalue weighted by molar-refractivity contribution is 5.73. The number of ether oxygens (including phenoxy) is 1. The maximum atomic E-state index is 5.66. The highest BCUT2D eigenvalue weighted by atomic mass is 16.5. The van der Waals surface area contributed by atoms with Crippen molar-refractivity contribution in [1.82, 2.24) is 20.2 Å². The average molecular weight is 283 g/mol. The van der Waals surface area contributed by atoms with Crippen LogP contribution in [0.1, 0.15) is 25.5 Å². The molecule has 0 saturated heterocycles. The van der Waals surface area contributed by atoms with Crippen LogP contribution in [0.15, 0.2) is 36.7 Å². The third kappa shape index (κ3) is 2.79. The van der Waals surface area contributed by atoms with Crippen molar-refractivity contribution >= 4 is 17.0 Å². The van der Waals surface area contributed by atoms with Crippen molar-refractivity contribution in [3.8, 4) is 5.75 Å². The standard InChI is InChI=1S/C15H17N5O/c1-3-21-14-7-5-4-6-11(14)10(2)18-15-16-8-13-12(19-15)9-17-20-13/h4-10H,3H2,1-2H3,(H,17,20)(H,16,18,19). The molecule has 0 spiro atoms. The van der Waals surface area contributed by atoms with Crippen LogP contribution in [-0.4, -0.2) is 26.8 Å². The van der Waals surface area contributed by atoms with Crippen LogP contribution >= 0.6 is 0 Å². The minimum absolute atomic E-state index is 0.0390. The predicted octanol–water partition coefficient (Wildman–Crippen LogP) is 2.92. The largest absolute Gasteiger partial charge is 0.494 e. The molecule has 2 heterocycles. The number of rotatable bonds is 5. The molecule has 0 aliphatic rings. The van der Waals surface area contributed by atoms with Gasteiger partial charge in [-0.25, -0.2) is 9.97 Å². The van der Waals surface area contributed by atoms with Crippen molar-refractivity contribution in [2.45, 2.75) is 19.9 Å². The molecule has 6 heteroatoms. The second-order valence-corrected chi connectivity index (χ2v) is 4.70. The number of H-pyrrole nitrogens is 1. The smallest absolute Gasteiger partial charge is 0.223 e. The highest BCUT2D eigenvalue weighted by Gasteiger charge is 2.12. The normalized spacial score (nSPS) is 12.3. The number of hydrogen-bond acceptors (Lipinski definition) is 5. The second kappa shape index (κ2) is 5.78. The van der Waals surface area contributed by atoms with E-state index < -0.39 is 0 Å². The summed E-state index contributed by atoms with van der Waals surface area (Å²) in [6.07, 6.45) is 3.40. The lowest BCUT2D eigenvalue weighted by atomic mass is 10.1. The zero-order chi connectivity index (χ0) is 14.7. The summed E-state index contributed by atoms with van der Waals surface area (Å²) in [5.74, 6) is 1.45. The Bertz CT molecular complexity index is 740. The van der Waals surface area contributed by atoms with E-state index in [1.807, 2.05) is 31.2 Å². The van der Waals surface area contributed by atoms with Crippen molar-refractivity contribution in [3.05, 3.63) is 42.2 Å². The lowest BCUT2D eigenvalue weighted by Crippen LogP contribution is -2.11. The van der Waals surface area contributed by atoms with Gasteiger partial charge >= 0.3 is 0 Å². The number of aromatic amines is 1. The van der Waals surface area contributed by atoms with Gasteiger partial charge in [-0.1, -0.05) is 18.2 Å². The Morgan fingerprint density at radius 1 is 1.29 bits per heavy atom. The molecule has 6 nitrogen and oxygen atoms in total. The maximum absolute atomic E-state index is 5.66. The van der Waals surface area contributed by atoms with Crippen molar-refractivity contribution in [2.75, 3.05) is 11.9 Å². The third-order valence-corrected chi connectivity index (χ3v) is 3.22. The SMILES string of the molecule is CCOc1ccccc1C(C)Nc1ncc2[nH]ncc2n1. The van der Waals surface area contributed by atoms with Crippen LogP contribution in [0.4, 0.5) is 5.95 Å². The van der Waals surface area contributed by atoms with Gasteiger partial charge in [-0.05, 0) is 19.9 Å². The number of para-hydroxylation sites is 1. The van der Waals surface area contributed by atoms with E-state index in [9.17, 15) is 0 Å². The molecule has 1 atom stereocenters. The number of benzene rings is 1. The van der Waals surface area contributed by atoms with Gasteiger partial charge in [0.05, 0.1) is 25.0 Å². The fourth-order valence-corrected chi connectivity index (χ4v) is 2.21. The minimum atomic E-state index is 0.0390. The molecule has 0 saturated carbocycles. The highest BCUT2D eigenvalue weighted by Crippen LogP contribution is 2.27. The van der Waals surface area contributed by atoms with E-state index in [0.717, 1.165) is 22.3 Å². The number of nitrogens with one attached hydrogen (secondary N) is 2. The number of hydrogen-bond donors (Lipinski definition) is 2. The topological polar surface area (TPSA) is 75.7 Å². The van der Waals surface area contributed by atoms with Crippen LogP contribution in [0.3, 0.4) is 0 Å². The van der Waals surface area contributed by atoms with Gasteiger partial charge in [-0.15, -0.1) is 0 Å². The van der Waals surface area contributed by atoms with Crippen molar-refractivity contribution in [1.29, 1.82) is 0 Å². The molecule has 0 fully saturated rings. The van der Waals surface area contributed by atoms with E-state index in [4.69, 9.17) is 4.74 Å². The summed E-state index contributed by atoms with van der Waals surface area (Å²) in [6.45, 7) is 4.67. The maximum Gasteiger partial charge on any atom is 0.223 e. The zero-order valence-corrected chi connectivity index (χ0v) is 12.0. The van der Waals surface area contributed by atoms with Gasteiger partial charge in [0.15, 0.2) is 0 Å². The molecule has 2 aromatic heterocycles. The summed E-state index contributed by atoms with van der Waals surface area (Å²) >= 11 is 0. The summed E-state index contributed by atoms with van der Waals surface area (Å²) in [5.41, 5.74) is 2.69. The van der Waals surface area contributed by atoms with Crippen LogP contribution in [-0.2, 0) is 0 Å². The van der Waals surface area contributed by atoms with Gasteiger partial charge in [0.1, 0.15) is 16.8 Å². The van der Waals surface area contributed by atoms with Gasteiger partial charge in [-0.2, -0.15) is 5.10 Å². The first-order valence-corrected chi connectivity index (χ1v) is 6.92. The molecule has 1 aromatic carbocycles. The Labute approximate surface area is 122 Å². The van der Waals surface area contributed by atoms with Crippen LogP contribution in [0.25, 0.3) is 11.0 Å². The van der Waals surface area contributed by atoms with Gasteiger partial charge in [-0.3, -0.25) is 5.10 Å². The van der Waals surface area contributed by atoms with Crippen molar-refractivity contribution < 1.29 is 4.74 Å². The molecule has 0 radical (unpaired) electrons. The van der Waals surface area contributed by atoms with Crippen LogP contribution in [0, 0.1) is 0 Å². The molecular formula is C15H17N5O. The first-order valence-electron chi connectivity index (χ1n) is 6.92. The van der Waals surface area contributed by atoms with Crippen molar-refractivity contribution in [3.63, 3.8) is 0 Å². The number of anilines is 1. The molecule has 0 bridgehead atoms. The summed E-state index contributed by atoms with van der Waals surface area (Å²) in [4.78, 5) is 8.71. The molecule has 2 N–H and O–H groups in total. The molecular weight excluding hydrogens is 266 g/mol. The molecule has 108 valence electrons. The summed E-state index contributed by atoms with van der Waals surface area (Å²) in [6, 6.07) is 8.01. The second-order valence-electron chi connectivity index (χ2n) is 4.70. The molecule has 0 aliphatic carbocycles. The van der Waals surface area contributed by atoms with Gasteiger partial charge in [0, 0.05) is 5.56 Å². The summed E-state index contributed by atoms with van der Waals surface area (Å²) in [5, 5.41) is 10.1. The van der Waals surface area contributed by atoms with E-state index in [1.165, 1.54) is 0 Å². The number of aromatic nitrogens is 4. The van der Waals surface area contributed by atoms with Crippen molar-refractivity contribution in [2.24, 2.45) is 0 Å². The lowest BCUT2D eigenvalue weighted by molar-refractivity contribution is 0.335. The molecule has 1 unspecified atom stereocenters. The number of nitrogens with zero attached hydrogens (tertiary/aromatic N) is 3. The van der Waals surface area contributed by atoms with Crippen LogP contribution in [0.2, 0.25) is 0 Å². The molecule has 0 aliphatic heterocycles. The van der Waals surface area contributed by atoms with Crippen LogP contribution in [0.5, 0.6) is 5.75 Å². The van der Waals surface area contributed by atoms with E-state index in [0.29, 0.717) is 12.6 Å². The fraction of sp³-hybridized carbons (Fsp3) is 0.267. The molecule has 3 aromatic rings. The molecule has 0 amide bonds. The summed E-state index contributed by atoms with van der Waals surface area (Å²) in [7, 11) is 0. The minimum Gasteiger partial charge on any atom is -0.494 e. The first-order chi connectivity index (χ1) is 10.3. The predicted molar refractivity (Wildman–Crippen MR) is 81.3 cm³/mol. The van der Waals surface area contributed by atoms with E-state index in [-0.39, 0.29) is 6.04 Å². The van der Waals surface area contributed by atoms with E-state index in [2.05, 4.69) is 32.4 Å². The number of fused-ring (bicyclic) bond motifs is 1. The van der Waals surface area contributed by atoms with E-state index in [1.54, 1.807) is 12.4 Å².